The van der Waals surface area contributed by atoms with Crippen molar-refractivity contribution in [2.75, 3.05) is 6.54 Å². The minimum Gasteiger partial charge on any atom is -0.480 e. The molecule has 0 heterocycles. The molecular weight excluding hydrogens is 382 g/mol. The molecule has 0 radical (unpaired) electrons. The summed E-state index contributed by atoms with van der Waals surface area (Å²) in [5, 5.41) is 18.5. The zero-order valence-corrected chi connectivity index (χ0v) is 18.1. The van der Waals surface area contributed by atoms with Gasteiger partial charge in [0.2, 0.25) is 17.7 Å². The highest BCUT2D eigenvalue weighted by Crippen LogP contribution is 2.06. The van der Waals surface area contributed by atoms with E-state index in [0.29, 0.717) is 0 Å². The topological polar surface area (TPSA) is 181 Å². The van der Waals surface area contributed by atoms with Crippen molar-refractivity contribution in [2.45, 2.75) is 71.6 Å². The van der Waals surface area contributed by atoms with Gasteiger partial charge < -0.3 is 32.1 Å². The van der Waals surface area contributed by atoms with E-state index < -0.39 is 53.4 Å². The van der Waals surface area contributed by atoms with Gasteiger partial charge in [0.1, 0.15) is 17.1 Å². The van der Waals surface area contributed by atoms with Crippen LogP contribution in [0.5, 0.6) is 0 Å². The number of amides is 4. The van der Waals surface area contributed by atoms with E-state index in [9.17, 15) is 24.0 Å². The van der Waals surface area contributed by atoms with Crippen molar-refractivity contribution in [2.24, 2.45) is 5.92 Å². The van der Waals surface area contributed by atoms with Crippen LogP contribution in [0.1, 0.15) is 48.5 Å². The quantitative estimate of drug-likeness (QED) is 0.234. The first-order chi connectivity index (χ1) is 13.0. The summed E-state index contributed by atoms with van der Waals surface area (Å²) < 4.78 is 0. The molecule has 29 heavy (non-hydrogen) atoms. The summed E-state index contributed by atoms with van der Waals surface area (Å²) in [7, 11) is 0. The monoisotopic (exact) mass is 416 g/mol. The molecular formula is C18H34N5O6+. The third kappa shape index (κ3) is 8.46. The lowest BCUT2D eigenvalue weighted by molar-refractivity contribution is -0.414. The lowest BCUT2D eigenvalue weighted by Crippen LogP contribution is -2.72. The first-order valence-electron chi connectivity index (χ1n) is 9.29. The van der Waals surface area contributed by atoms with E-state index in [1.165, 1.54) is 34.6 Å². The Hall–Kier alpha value is -2.69. The van der Waals surface area contributed by atoms with Crippen molar-refractivity contribution in [3.8, 4) is 0 Å². The molecule has 0 aromatic heterocycles. The Morgan fingerprint density at radius 3 is 1.83 bits per heavy atom. The van der Waals surface area contributed by atoms with Crippen LogP contribution < -0.4 is 27.0 Å². The van der Waals surface area contributed by atoms with Gasteiger partial charge in [-0.15, -0.1) is 0 Å². The zero-order chi connectivity index (χ0) is 23.2. The molecule has 0 fully saturated rings. The fourth-order valence-corrected chi connectivity index (χ4v) is 2.03. The molecule has 0 aliphatic heterocycles. The normalized spacial score (nSPS) is 13.8. The molecule has 0 spiro atoms. The summed E-state index contributed by atoms with van der Waals surface area (Å²) in [5.41, 5.74) is 1.09. The lowest BCUT2D eigenvalue weighted by Gasteiger charge is -2.28. The third-order valence-electron chi connectivity index (χ3n) is 4.29. The van der Waals surface area contributed by atoms with Crippen molar-refractivity contribution in [1.82, 2.24) is 21.3 Å². The van der Waals surface area contributed by atoms with Crippen LogP contribution >= 0.6 is 0 Å². The first-order valence-corrected chi connectivity index (χ1v) is 9.29. The summed E-state index contributed by atoms with van der Waals surface area (Å²) in [6, 6.07) is -1.65. The molecule has 4 amide bonds. The van der Waals surface area contributed by atoms with E-state index in [1.54, 1.807) is 0 Å². The molecule has 2 atom stereocenters. The average molecular weight is 416 g/mol. The number of hydrogen-bond acceptors (Lipinski definition) is 5. The van der Waals surface area contributed by atoms with Crippen LogP contribution in [-0.4, -0.2) is 64.4 Å². The van der Waals surface area contributed by atoms with Gasteiger partial charge in [-0.2, -0.15) is 0 Å². The number of carboxylic acids is 1. The predicted molar refractivity (Wildman–Crippen MR) is 104 cm³/mol. The molecule has 0 rings (SSSR count). The first kappa shape index (κ1) is 26.3. The van der Waals surface area contributed by atoms with Crippen LogP contribution in [-0.2, 0) is 24.0 Å². The van der Waals surface area contributed by atoms with Crippen LogP contribution in [0.2, 0.25) is 0 Å². The Morgan fingerprint density at radius 2 is 1.38 bits per heavy atom. The number of carboxylic acid groups (broad SMARTS) is 1. The molecule has 0 aliphatic carbocycles. The van der Waals surface area contributed by atoms with Gasteiger partial charge in [0.15, 0.2) is 6.04 Å². The maximum absolute atomic E-state index is 12.3. The second-order valence-corrected chi connectivity index (χ2v) is 8.35. The third-order valence-corrected chi connectivity index (χ3v) is 4.29. The van der Waals surface area contributed by atoms with Crippen LogP contribution in [0.4, 0.5) is 0 Å². The van der Waals surface area contributed by atoms with Gasteiger partial charge in [0.25, 0.3) is 5.91 Å². The number of rotatable bonds is 10. The van der Waals surface area contributed by atoms with E-state index in [-0.39, 0.29) is 11.8 Å². The maximum Gasteiger partial charge on any atom is 0.325 e. The Balaban J connectivity index is 4.75. The Morgan fingerprint density at radius 1 is 0.897 bits per heavy atom. The Kier molecular flexibility index (Phi) is 9.25. The fourth-order valence-electron chi connectivity index (χ4n) is 2.03. The summed E-state index contributed by atoms with van der Waals surface area (Å²) >= 11 is 0. The predicted octanol–water partition coefficient (Wildman–Crippen LogP) is -2.25. The smallest absolute Gasteiger partial charge is 0.325 e. The summed E-state index contributed by atoms with van der Waals surface area (Å²) in [6.07, 6.45) is 0. The van der Waals surface area contributed by atoms with Crippen LogP contribution in [0.15, 0.2) is 0 Å². The van der Waals surface area contributed by atoms with Crippen molar-refractivity contribution < 1.29 is 34.8 Å². The minimum atomic E-state index is -1.40. The molecule has 0 aliphatic rings. The fraction of sp³-hybridized carbons (Fsp3) is 0.722. The van der Waals surface area contributed by atoms with Crippen LogP contribution in [0.3, 0.4) is 0 Å². The molecule has 0 bridgehead atoms. The van der Waals surface area contributed by atoms with Gasteiger partial charge in [0.05, 0.1) is 6.54 Å². The van der Waals surface area contributed by atoms with E-state index in [1.807, 2.05) is 13.8 Å². The molecule has 8 N–H and O–H groups in total. The number of carbonyl (C=O) groups excluding carboxylic acids is 4. The molecule has 0 unspecified atom stereocenters. The van der Waals surface area contributed by atoms with E-state index in [2.05, 4.69) is 27.0 Å². The van der Waals surface area contributed by atoms with Gasteiger partial charge in [-0.05, 0) is 34.6 Å². The van der Waals surface area contributed by atoms with Gasteiger partial charge in [-0.25, -0.2) is 0 Å². The Labute approximate surface area is 170 Å². The second-order valence-electron chi connectivity index (χ2n) is 8.35. The summed E-state index contributed by atoms with van der Waals surface area (Å²) in [5.74, 6) is -3.51. The van der Waals surface area contributed by atoms with Crippen molar-refractivity contribution in [3.05, 3.63) is 0 Å². The maximum atomic E-state index is 12.3. The summed E-state index contributed by atoms with van der Waals surface area (Å²) in [6.45, 7) is 10.3. The van der Waals surface area contributed by atoms with Crippen molar-refractivity contribution >= 4 is 29.6 Å². The van der Waals surface area contributed by atoms with Crippen LogP contribution in [0, 0.1) is 5.92 Å². The number of quaternary nitrogens is 1. The van der Waals surface area contributed by atoms with Crippen molar-refractivity contribution in [3.63, 3.8) is 0 Å². The molecule has 11 nitrogen and oxygen atoms in total. The van der Waals surface area contributed by atoms with E-state index in [0.717, 1.165) is 0 Å². The average Bonchev–Trinajstić information content (AvgIpc) is 2.57. The second kappa shape index (κ2) is 10.2. The standard InChI is InChI=1S/C18H33N5O6/c1-9(2)12(19)13(25)23-17(4,5)15(28)20-8-11(24)22-18(6,7)16(29)21-10(3)14(26)27/h9-10,12H,8,19H2,1-7H3,(H,20,28)(H,21,29)(H,22,24)(H,23,25)(H,26,27)/p+1/t10-,12-/m0/s1. The lowest BCUT2D eigenvalue weighted by atomic mass is 10.00. The van der Waals surface area contributed by atoms with Gasteiger partial charge in [-0.3, -0.25) is 24.0 Å². The molecule has 0 aromatic rings. The summed E-state index contributed by atoms with van der Waals surface area (Å²) in [4.78, 5) is 59.5. The van der Waals surface area contributed by atoms with Crippen molar-refractivity contribution in [1.29, 1.82) is 0 Å². The zero-order valence-electron chi connectivity index (χ0n) is 18.1. The highest BCUT2D eigenvalue weighted by Gasteiger charge is 2.35. The minimum absolute atomic E-state index is 0.00291. The Bertz CT molecular complexity index is 659. The van der Waals surface area contributed by atoms with Gasteiger partial charge in [0, 0.05) is 5.92 Å². The van der Waals surface area contributed by atoms with Gasteiger partial charge in [-0.1, -0.05) is 13.8 Å². The number of nitrogens with one attached hydrogen (secondary N) is 4. The molecule has 0 saturated carbocycles. The SMILES string of the molecule is CC(C)[C@H]([NH3+])C(=O)NC(C)(C)C(=O)NCC(=O)NC(C)(C)C(=O)N[C@@H](C)C(=O)O. The highest BCUT2D eigenvalue weighted by atomic mass is 16.4. The molecule has 11 heteroatoms. The van der Waals surface area contributed by atoms with Crippen LogP contribution in [0.25, 0.3) is 0 Å². The molecule has 166 valence electrons. The molecule has 0 saturated heterocycles. The van der Waals surface area contributed by atoms with E-state index >= 15 is 0 Å². The highest BCUT2D eigenvalue weighted by molar-refractivity contribution is 5.96. The largest absolute Gasteiger partial charge is 0.480 e. The molecule has 0 aromatic carbocycles. The van der Waals surface area contributed by atoms with E-state index in [4.69, 9.17) is 5.11 Å². The number of hydrogen-bond donors (Lipinski definition) is 6. The van der Waals surface area contributed by atoms with Gasteiger partial charge >= 0.3 is 5.97 Å². The number of aliphatic carboxylic acids is 1. The number of carbonyl (C=O) groups is 5.